The molecule has 1 aliphatic heterocycles. The van der Waals surface area contributed by atoms with Crippen LogP contribution in [0.4, 0.5) is 45.2 Å². The third-order valence-electron chi connectivity index (χ3n) is 9.92. The van der Waals surface area contributed by atoms with Gasteiger partial charge in [0.25, 0.3) is 0 Å². The van der Waals surface area contributed by atoms with Gasteiger partial charge in [0.1, 0.15) is 30.2 Å². The molecule has 3 aromatic carbocycles. The Morgan fingerprint density at radius 3 is 1.79 bits per heavy atom. The maximum Gasteiger partial charge on any atom is 0.480 e. The predicted octanol–water partition coefficient (Wildman–Crippen LogP) is 9.62. The Kier molecular flexibility index (Phi) is 18.5. The monoisotopic (exact) mass is 1070 g/mol. The van der Waals surface area contributed by atoms with Gasteiger partial charge in [-0.15, -0.1) is 0 Å². The smallest absolute Gasteiger partial charge is 0.478 e. The summed E-state index contributed by atoms with van der Waals surface area (Å²) in [6.45, 7) is 20.0. The number of benzene rings is 4. The highest BCUT2D eigenvalue weighted by atomic mass is 32.3. The van der Waals surface area contributed by atoms with E-state index >= 15 is 0 Å². The SMILES string of the molecule is C=C(C)C(=O)O.C=Cc1ccc(OS(=O)(=O)C(F)(F)C(F)(F)C(F)(F)S(=O)(=O)[N-]S(=O)(=O)C(F)(F)F)cc1.CCN(CC)c1ccc2c(-c3ccccc3C(=O)O)c3ccc(=[N+](CC)CC)cc-3oc2c1. The fourth-order valence-electron chi connectivity index (χ4n) is 6.16. The Balaban J connectivity index is 0.000000337. The van der Waals surface area contributed by atoms with Gasteiger partial charge in [-0.05, 0) is 82.1 Å². The molecule has 3 aromatic rings. The first-order valence-corrected chi connectivity index (χ1v) is 24.6. The average molecular weight is 1070 g/mol. The molecule has 0 atom stereocenters. The van der Waals surface area contributed by atoms with Gasteiger partial charge in [-0.25, -0.2) is 31.0 Å². The summed E-state index contributed by atoms with van der Waals surface area (Å²) >= 11 is 0. The van der Waals surface area contributed by atoms with Crippen molar-refractivity contribution >= 4 is 64.8 Å². The quantitative estimate of drug-likeness (QED) is 0.0292. The van der Waals surface area contributed by atoms with E-state index in [0.29, 0.717) is 21.8 Å². The zero-order chi connectivity index (χ0) is 54.3. The predicted molar refractivity (Wildman–Crippen MR) is 246 cm³/mol. The average Bonchev–Trinajstić information content (AvgIpc) is 3.28. The molecule has 15 nitrogen and oxygen atoms in total. The topological polar surface area (TPSA) is 220 Å². The molecule has 0 aromatic heterocycles. The molecule has 0 bridgehead atoms. The number of sulfonamides is 2. The van der Waals surface area contributed by atoms with Gasteiger partial charge in [0.05, 0.1) is 11.6 Å². The number of nitrogens with zero attached hydrogens (tertiary/aromatic N) is 3. The summed E-state index contributed by atoms with van der Waals surface area (Å²) in [5, 5.41) is 5.17. The first-order chi connectivity index (χ1) is 32.6. The molecular formula is C44H44F9N3O12S3. The third kappa shape index (κ3) is 12.5. The number of carboxylic acid groups (broad SMARTS) is 2. The Labute approximate surface area is 401 Å². The van der Waals surface area contributed by atoms with Crippen LogP contribution in [0.3, 0.4) is 0 Å². The van der Waals surface area contributed by atoms with Crippen LogP contribution in [0.15, 0.2) is 108 Å². The van der Waals surface area contributed by atoms with Crippen LogP contribution in [0.25, 0.3) is 43.6 Å². The zero-order valence-corrected chi connectivity index (χ0v) is 40.3. The minimum absolute atomic E-state index is 0.176. The summed E-state index contributed by atoms with van der Waals surface area (Å²) in [6.07, 6.45) is 1.14. The van der Waals surface area contributed by atoms with Gasteiger partial charge in [-0.1, -0.05) is 49.6 Å². The maximum atomic E-state index is 13.9. The van der Waals surface area contributed by atoms with Crippen LogP contribution in [0, 0.1) is 0 Å². The van der Waals surface area contributed by atoms with Crippen LogP contribution >= 0.6 is 0 Å². The number of carbonyl (C=O) groups is 2. The molecule has 388 valence electrons. The van der Waals surface area contributed by atoms with Crippen molar-refractivity contribution in [1.82, 2.24) is 4.58 Å². The number of rotatable bonds is 17. The van der Waals surface area contributed by atoms with Crippen LogP contribution in [-0.2, 0) is 35.0 Å². The second-order valence-electron chi connectivity index (χ2n) is 14.5. The fraction of sp³-hybridized carbons (Fsp3) is 0.295. The molecule has 0 spiro atoms. The molecule has 5 rings (SSSR count). The van der Waals surface area contributed by atoms with E-state index in [-0.39, 0.29) is 16.7 Å². The molecule has 0 fully saturated rings. The lowest BCUT2D eigenvalue weighted by Gasteiger charge is -2.35. The summed E-state index contributed by atoms with van der Waals surface area (Å²) in [5.74, 6) is -9.86. The van der Waals surface area contributed by atoms with Gasteiger partial charge in [-0.3, -0.25) is 0 Å². The number of fused-ring (bicyclic) bond motifs is 2. The number of carboxylic acids is 2. The number of halogens is 9. The van der Waals surface area contributed by atoms with Crippen molar-refractivity contribution in [3.05, 3.63) is 124 Å². The molecule has 2 aliphatic rings. The van der Waals surface area contributed by atoms with E-state index in [1.807, 2.05) is 12.1 Å². The maximum absolute atomic E-state index is 13.9. The molecule has 1 aliphatic carbocycles. The van der Waals surface area contributed by atoms with Crippen molar-refractivity contribution in [2.75, 3.05) is 31.1 Å². The summed E-state index contributed by atoms with van der Waals surface area (Å²) in [5.41, 5.74) is -1.70. The Morgan fingerprint density at radius 2 is 1.31 bits per heavy atom. The molecule has 27 heteroatoms. The first kappa shape index (κ1) is 58.9. The van der Waals surface area contributed by atoms with Crippen LogP contribution in [0.1, 0.15) is 50.5 Å². The number of aromatic carboxylic acids is 1. The molecule has 71 heavy (non-hydrogen) atoms. The molecule has 1 heterocycles. The van der Waals surface area contributed by atoms with Crippen molar-refractivity contribution in [2.24, 2.45) is 0 Å². The van der Waals surface area contributed by atoms with E-state index in [2.05, 4.69) is 90.9 Å². The van der Waals surface area contributed by atoms with Gasteiger partial charge in [0.2, 0.25) is 5.36 Å². The largest absolute Gasteiger partial charge is 0.480 e. The number of hydrogen-bond acceptors (Lipinski definition) is 11. The highest BCUT2D eigenvalue weighted by molar-refractivity contribution is 8.13. The lowest BCUT2D eigenvalue weighted by Crippen LogP contribution is -2.61. The molecule has 0 radical (unpaired) electrons. The van der Waals surface area contributed by atoms with Gasteiger partial charge in [-0.2, -0.15) is 47.9 Å². The minimum Gasteiger partial charge on any atom is -0.478 e. The van der Waals surface area contributed by atoms with Crippen molar-refractivity contribution in [1.29, 1.82) is 0 Å². The van der Waals surface area contributed by atoms with Crippen LogP contribution < -0.4 is 19.0 Å². The van der Waals surface area contributed by atoms with Gasteiger partial charge >= 0.3 is 44.0 Å². The van der Waals surface area contributed by atoms with Crippen LogP contribution in [0.5, 0.6) is 5.75 Å². The van der Waals surface area contributed by atoms with Gasteiger partial charge in [0.15, 0.2) is 20.0 Å². The molecule has 0 amide bonds. The van der Waals surface area contributed by atoms with E-state index in [0.717, 1.165) is 83.3 Å². The lowest BCUT2D eigenvalue weighted by atomic mass is 9.90. The summed E-state index contributed by atoms with van der Waals surface area (Å²) < 4.78 is 198. The second-order valence-corrected chi connectivity index (χ2v) is 19.6. The summed E-state index contributed by atoms with van der Waals surface area (Å²) in [6, 6.07) is 22.6. The summed E-state index contributed by atoms with van der Waals surface area (Å²) in [7, 11) is -22.6. The fourth-order valence-corrected chi connectivity index (χ4v) is 9.34. The Bertz CT molecular complexity index is 3160. The highest BCUT2D eigenvalue weighted by Gasteiger charge is 2.81. The van der Waals surface area contributed by atoms with Gasteiger partial charge < -0.3 is 27.8 Å². The lowest BCUT2D eigenvalue weighted by molar-refractivity contribution is -0.245. The molecule has 2 N–H and O–H groups in total. The number of alkyl halides is 9. The van der Waals surface area contributed by atoms with E-state index in [1.54, 1.807) is 12.1 Å². The Morgan fingerprint density at radius 1 is 0.761 bits per heavy atom. The van der Waals surface area contributed by atoms with Crippen LogP contribution in [-0.4, -0.2) is 95.5 Å². The normalized spacial score (nSPS) is 12.5. The third-order valence-corrected chi connectivity index (χ3v) is 14.3. The second kappa shape index (κ2) is 22.3. The van der Waals surface area contributed by atoms with Crippen molar-refractivity contribution in [3.8, 4) is 28.2 Å². The highest BCUT2D eigenvalue weighted by Crippen LogP contribution is 2.53. The molecular weight excluding hydrogens is 1030 g/mol. The number of aliphatic carboxylic acids is 1. The number of hydrogen-bond donors (Lipinski definition) is 2. The molecule has 0 saturated heterocycles. The van der Waals surface area contributed by atoms with Gasteiger partial charge in [0, 0.05) is 53.0 Å². The van der Waals surface area contributed by atoms with Crippen molar-refractivity contribution < 1.29 is 93.2 Å². The van der Waals surface area contributed by atoms with E-state index < -0.39 is 69.8 Å². The summed E-state index contributed by atoms with van der Waals surface area (Å²) in [4.78, 5) is 23.9. The van der Waals surface area contributed by atoms with Crippen molar-refractivity contribution in [3.63, 3.8) is 0 Å². The minimum atomic E-state index is -7.96. The standard InChI is InChI=1S/C28H30N2O3.C12H7F9NO7S3.C4H6O2/c1-5-29(6-2)19-13-15-23-25(17-19)33-26-18-20(30(7-3)8-4)14-16-24(26)27(23)21-11-9-10-12-22(21)28(31)32;1-2-7-3-5-8(6-4-7)29-32(27,28)11(17,18)9(13,14)10(15,16)30(23,24)22-31(25,26)12(19,20)21;1-3(2)4(5)6/h9-18H,5-8H2,1-4H3;2-6H,1H2;1H2,2H3,(H,5,6)/q;-1;/p+1. The molecule has 0 unspecified atom stereocenters. The first-order valence-electron chi connectivity index (χ1n) is 20.3. The zero-order valence-electron chi connectivity index (χ0n) is 37.8. The van der Waals surface area contributed by atoms with Crippen molar-refractivity contribution in [2.45, 2.75) is 56.6 Å². The van der Waals surface area contributed by atoms with E-state index in [4.69, 9.17) is 9.52 Å². The Hall–Kier alpha value is -6.45. The number of anilines is 1. The van der Waals surface area contributed by atoms with E-state index in [9.17, 15) is 79.5 Å². The van der Waals surface area contributed by atoms with Crippen LogP contribution in [0.2, 0.25) is 0 Å². The molecule has 0 saturated carbocycles. The van der Waals surface area contributed by atoms with E-state index in [1.165, 1.54) is 6.92 Å².